The van der Waals surface area contributed by atoms with Gasteiger partial charge in [0.15, 0.2) is 0 Å². The summed E-state index contributed by atoms with van der Waals surface area (Å²) >= 11 is 0. The topological polar surface area (TPSA) is 9.23 Å². The lowest BCUT2D eigenvalue weighted by atomic mass is 9.75. The quantitative estimate of drug-likeness (QED) is 0.694. The van der Waals surface area contributed by atoms with Crippen LogP contribution in [-0.4, -0.2) is 25.1 Å². The van der Waals surface area contributed by atoms with Crippen LogP contribution in [0.15, 0.2) is 0 Å². The van der Waals surface area contributed by atoms with Crippen molar-refractivity contribution in [2.45, 2.75) is 43.6 Å². The van der Waals surface area contributed by atoms with E-state index in [0.29, 0.717) is 20.0 Å². The average molecular weight is 276 g/mol. The van der Waals surface area contributed by atoms with Crippen molar-refractivity contribution in [2.24, 2.45) is 17.8 Å². The van der Waals surface area contributed by atoms with Gasteiger partial charge < -0.3 is 4.74 Å². The molecule has 18 heavy (non-hydrogen) atoms. The molecule has 0 amide bonds. The van der Waals surface area contributed by atoms with Gasteiger partial charge in [-0.25, -0.2) is 0 Å². The van der Waals surface area contributed by atoms with Gasteiger partial charge in [-0.05, 0) is 31.1 Å². The predicted octanol–water partition coefficient (Wildman–Crippen LogP) is 3.93. The van der Waals surface area contributed by atoms with Gasteiger partial charge in [0.2, 0.25) is 0 Å². The first-order valence-corrected chi connectivity index (χ1v) is 5.82. The minimum Gasteiger partial charge on any atom is -0.361 e. The third-order valence-electron chi connectivity index (χ3n) is 4.42. The molecule has 7 heteroatoms. The van der Waals surface area contributed by atoms with E-state index in [-0.39, 0.29) is 12.3 Å². The first-order valence-electron chi connectivity index (χ1n) is 5.82. The smallest absolute Gasteiger partial charge is 0.361 e. The van der Waals surface area contributed by atoms with Crippen molar-refractivity contribution in [3.8, 4) is 0 Å². The molecule has 0 aromatic rings. The number of alkyl halides is 6. The van der Waals surface area contributed by atoms with Crippen molar-refractivity contribution in [3.05, 3.63) is 0 Å². The van der Waals surface area contributed by atoms with Crippen LogP contribution >= 0.6 is 0 Å². The summed E-state index contributed by atoms with van der Waals surface area (Å²) in [6, 6.07) is 0. The Morgan fingerprint density at radius 2 is 1.44 bits per heavy atom. The van der Waals surface area contributed by atoms with Gasteiger partial charge in [-0.2, -0.15) is 26.3 Å². The number of halogens is 6. The van der Waals surface area contributed by atoms with Gasteiger partial charge in [0.1, 0.15) is 0 Å². The Balaban J connectivity index is 2.42. The summed E-state index contributed by atoms with van der Waals surface area (Å²) < 4.78 is 82.1. The molecule has 0 aromatic heterocycles. The fraction of sp³-hybridized carbons (Fsp3) is 1.00. The molecular weight excluding hydrogens is 262 g/mol. The van der Waals surface area contributed by atoms with Gasteiger partial charge in [0, 0.05) is 13.0 Å². The first kappa shape index (κ1) is 14.0. The zero-order chi connectivity index (χ0) is 13.8. The summed E-state index contributed by atoms with van der Waals surface area (Å²) in [6.07, 6.45) is -9.28. The lowest BCUT2D eigenvalue weighted by Crippen LogP contribution is -2.63. The zero-order valence-corrected chi connectivity index (χ0v) is 9.74. The second kappa shape index (κ2) is 4.02. The maximum atomic E-state index is 13.0. The van der Waals surface area contributed by atoms with E-state index in [2.05, 4.69) is 4.74 Å². The Bertz CT molecular complexity index is 306. The molecule has 2 aliphatic rings. The van der Waals surface area contributed by atoms with Crippen molar-refractivity contribution in [3.63, 3.8) is 0 Å². The normalized spacial score (nSPS) is 33.2. The lowest BCUT2D eigenvalue weighted by molar-refractivity contribution is -0.395. The van der Waals surface area contributed by atoms with Crippen LogP contribution in [0.4, 0.5) is 26.3 Å². The monoisotopic (exact) mass is 276 g/mol. The lowest BCUT2D eigenvalue weighted by Gasteiger charge is -2.43. The summed E-state index contributed by atoms with van der Waals surface area (Å²) in [5.74, 6) is -2.04. The van der Waals surface area contributed by atoms with Crippen LogP contribution in [0.25, 0.3) is 0 Å². The molecule has 0 N–H and O–H groups in total. The fourth-order valence-corrected chi connectivity index (χ4v) is 3.71. The Morgan fingerprint density at radius 3 is 1.72 bits per heavy atom. The van der Waals surface area contributed by atoms with Crippen molar-refractivity contribution in [1.29, 1.82) is 0 Å². The maximum absolute atomic E-state index is 13.0. The van der Waals surface area contributed by atoms with Gasteiger partial charge in [0.25, 0.3) is 5.60 Å². The second-order valence-corrected chi connectivity index (χ2v) is 5.22. The third kappa shape index (κ3) is 1.73. The Hall–Kier alpha value is -0.460. The molecule has 2 aliphatic carbocycles. The van der Waals surface area contributed by atoms with E-state index in [4.69, 9.17) is 0 Å². The molecule has 0 saturated heterocycles. The van der Waals surface area contributed by atoms with Gasteiger partial charge >= 0.3 is 12.4 Å². The number of hydrogen-bond acceptors (Lipinski definition) is 1. The number of ether oxygens (including phenoxy) is 1. The fourth-order valence-electron chi connectivity index (χ4n) is 3.71. The van der Waals surface area contributed by atoms with E-state index < -0.39 is 29.8 Å². The highest BCUT2D eigenvalue weighted by Gasteiger charge is 2.77. The molecule has 0 spiro atoms. The van der Waals surface area contributed by atoms with E-state index in [1.807, 2.05) is 0 Å². The van der Waals surface area contributed by atoms with Crippen LogP contribution in [-0.2, 0) is 4.74 Å². The number of hydrogen-bond donors (Lipinski definition) is 0. The van der Waals surface area contributed by atoms with Crippen LogP contribution in [0.3, 0.4) is 0 Å². The number of methoxy groups -OCH3 is 1. The Labute approximate surface area is 100 Å². The molecule has 2 fully saturated rings. The largest absolute Gasteiger partial charge is 0.426 e. The third-order valence-corrected chi connectivity index (χ3v) is 4.42. The molecule has 0 aliphatic heterocycles. The van der Waals surface area contributed by atoms with Crippen LogP contribution in [0.2, 0.25) is 0 Å². The molecule has 2 saturated carbocycles. The van der Waals surface area contributed by atoms with E-state index in [9.17, 15) is 26.3 Å². The minimum atomic E-state index is -5.44. The van der Waals surface area contributed by atoms with Crippen LogP contribution < -0.4 is 0 Å². The maximum Gasteiger partial charge on any atom is 0.426 e. The zero-order valence-electron chi connectivity index (χ0n) is 9.74. The van der Waals surface area contributed by atoms with E-state index in [1.165, 1.54) is 0 Å². The molecule has 2 rings (SSSR count). The molecule has 3 atom stereocenters. The van der Waals surface area contributed by atoms with E-state index >= 15 is 0 Å². The molecule has 0 aromatic carbocycles. The highest BCUT2D eigenvalue weighted by Crippen LogP contribution is 2.61. The highest BCUT2D eigenvalue weighted by atomic mass is 19.4. The van der Waals surface area contributed by atoms with Crippen molar-refractivity contribution >= 4 is 0 Å². The predicted molar refractivity (Wildman–Crippen MR) is 50.8 cm³/mol. The summed E-state index contributed by atoms with van der Waals surface area (Å²) in [5.41, 5.74) is -4.00. The molecule has 106 valence electrons. The Morgan fingerprint density at radius 1 is 0.889 bits per heavy atom. The molecular formula is C11H14F6O. The van der Waals surface area contributed by atoms with Crippen molar-refractivity contribution in [1.82, 2.24) is 0 Å². The SMILES string of the molecule is COC(C1CC2CCC1C2)(C(F)(F)F)C(F)(F)F. The van der Waals surface area contributed by atoms with E-state index in [1.54, 1.807) is 0 Å². The van der Waals surface area contributed by atoms with Crippen LogP contribution in [0.1, 0.15) is 25.7 Å². The molecule has 0 heterocycles. The molecule has 2 bridgehead atoms. The van der Waals surface area contributed by atoms with Crippen LogP contribution in [0, 0.1) is 17.8 Å². The number of rotatable bonds is 2. The van der Waals surface area contributed by atoms with E-state index in [0.717, 1.165) is 6.42 Å². The Kier molecular flexibility index (Phi) is 3.11. The summed E-state index contributed by atoms with van der Waals surface area (Å²) in [5, 5.41) is 0. The van der Waals surface area contributed by atoms with Crippen molar-refractivity contribution in [2.75, 3.05) is 7.11 Å². The summed E-state index contributed by atoms with van der Waals surface area (Å²) in [4.78, 5) is 0. The van der Waals surface area contributed by atoms with Gasteiger partial charge in [-0.3, -0.25) is 0 Å². The second-order valence-electron chi connectivity index (χ2n) is 5.22. The molecule has 0 radical (unpaired) electrons. The standard InChI is InChI=1S/C11H14F6O/c1-18-9(10(12,13)14,11(15,16)17)8-5-6-2-3-7(8)4-6/h6-8H,2-5H2,1H3. The van der Waals surface area contributed by atoms with Gasteiger partial charge in [0.05, 0.1) is 0 Å². The summed E-state index contributed by atoms with van der Waals surface area (Å²) in [7, 11) is 0.507. The molecule has 3 unspecified atom stereocenters. The average Bonchev–Trinajstić information content (AvgIpc) is 2.76. The van der Waals surface area contributed by atoms with Gasteiger partial charge in [-0.1, -0.05) is 6.42 Å². The number of fused-ring (bicyclic) bond motifs is 2. The molecule has 1 nitrogen and oxygen atoms in total. The van der Waals surface area contributed by atoms with Crippen LogP contribution in [0.5, 0.6) is 0 Å². The summed E-state index contributed by atoms with van der Waals surface area (Å²) in [6.45, 7) is 0. The minimum absolute atomic E-state index is 0.0146. The van der Waals surface area contributed by atoms with Gasteiger partial charge in [-0.15, -0.1) is 0 Å². The highest BCUT2D eigenvalue weighted by molar-refractivity contribution is 5.08. The van der Waals surface area contributed by atoms with Crippen molar-refractivity contribution < 1.29 is 31.1 Å². The first-order chi connectivity index (χ1) is 8.13.